The summed E-state index contributed by atoms with van der Waals surface area (Å²) in [5, 5.41) is 5.64. The second kappa shape index (κ2) is 9.21. The van der Waals surface area contributed by atoms with Gasteiger partial charge in [-0.1, -0.05) is 0 Å². The molecule has 0 aromatic carbocycles. The minimum absolute atomic E-state index is 0.127. The zero-order valence-corrected chi connectivity index (χ0v) is 10.4. The molecule has 100 valence electrons. The third kappa shape index (κ3) is 7.14. The zero-order chi connectivity index (χ0) is 12.3. The van der Waals surface area contributed by atoms with Gasteiger partial charge in [0.25, 0.3) is 0 Å². The van der Waals surface area contributed by atoms with Crippen LogP contribution in [0.1, 0.15) is 12.8 Å². The summed E-state index contributed by atoms with van der Waals surface area (Å²) in [4.78, 5) is 11.4. The van der Waals surface area contributed by atoms with Crippen molar-refractivity contribution in [2.24, 2.45) is 0 Å². The van der Waals surface area contributed by atoms with E-state index < -0.39 is 0 Å². The van der Waals surface area contributed by atoms with Gasteiger partial charge in [-0.15, -0.1) is 0 Å². The maximum absolute atomic E-state index is 11.4. The summed E-state index contributed by atoms with van der Waals surface area (Å²) >= 11 is 0. The molecule has 0 spiro atoms. The fraction of sp³-hybridized carbons (Fsp3) is 0.909. The van der Waals surface area contributed by atoms with Crippen molar-refractivity contribution < 1.29 is 19.0 Å². The van der Waals surface area contributed by atoms with Crippen LogP contribution in [0, 0.1) is 0 Å². The summed E-state index contributed by atoms with van der Waals surface area (Å²) in [5.41, 5.74) is 0. The minimum atomic E-state index is -0.127. The normalized spacial score (nSPS) is 19.2. The van der Waals surface area contributed by atoms with E-state index in [-0.39, 0.29) is 12.1 Å². The number of ether oxygens (including phenoxy) is 3. The fourth-order valence-electron chi connectivity index (χ4n) is 1.51. The third-order valence-corrected chi connectivity index (χ3v) is 2.45. The van der Waals surface area contributed by atoms with Crippen molar-refractivity contribution in [3.05, 3.63) is 0 Å². The third-order valence-electron chi connectivity index (χ3n) is 2.45. The van der Waals surface area contributed by atoms with Gasteiger partial charge in [-0.3, -0.25) is 0 Å². The Morgan fingerprint density at radius 2 is 2.29 bits per heavy atom. The molecule has 0 aromatic rings. The predicted molar refractivity (Wildman–Crippen MR) is 63.1 cm³/mol. The molecule has 1 atom stereocenters. The van der Waals surface area contributed by atoms with Crippen molar-refractivity contribution in [3.63, 3.8) is 0 Å². The highest BCUT2D eigenvalue weighted by atomic mass is 16.5. The molecule has 0 bridgehead atoms. The van der Waals surface area contributed by atoms with E-state index in [1.807, 2.05) is 0 Å². The molecule has 6 nitrogen and oxygen atoms in total. The van der Waals surface area contributed by atoms with Crippen LogP contribution in [0.2, 0.25) is 0 Å². The maximum atomic E-state index is 11.4. The van der Waals surface area contributed by atoms with Gasteiger partial charge in [-0.25, -0.2) is 4.79 Å². The summed E-state index contributed by atoms with van der Waals surface area (Å²) in [7, 11) is 1.64. The van der Waals surface area contributed by atoms with E-state index in [9.17, 15) is 4.79 Å². The molecule has 2 amide bonds. The molecule has 1 unspecified atom stereocenters. The van der Waals surface area contributed by atoms with Gasteiger partial charge in [0.2, 0.25) is 0 Å². The molecule has 0 aliphatic carbocycles. The predicted octanol–water partition coefficient (Wildman–Crippen LogP) is 0.128. The topological polar surface area (TPSA) is 68.8 Å². The van der Waals surface area contributed by atoms with Crippen LogP contribution in [-0.4, -0.2) is 58.8 Å². The highest BCUT2D eigenvalue weighted by Crippen LogP contribution is 2.02. The number of carbonyl (C=O) groups is 1. The molecule has 1 fully saturated rings. The molecule has 6 heteroatoms. The first-order valence-electron chi connectivity index (χ1n) is 6.01. The van der Waals surface area contributed by atoms with Crippen LogP contribution in [0.25, 0.3) is 0 Å². The van der Waals surface area contributed by atoms with Crippen molar-refractivity contribution in [3.8, 4) is 0 Å². The van der Waals surface area contributed by atoms with Gasteiger partial charge in [-0.05, 0) is 12.8 Å². The highest BCUT2D eigenvalue weighted by molar-refractivity contribution is 5.74. The second-order valence-electron chi connectivity index (χ2n) is 3.92. The molecular weight excluding hydrogens is 224 g/mol. The maximum Gasteiger partial charge on any atom is 0.315 e. The molecule has 0 saturated carbocycles. The van der Waals surface area contributed by atoms with Gasteiger partial charge in [0.05, 0.1) is 25.9 Å². The number of urea groups is 1. The first-order valence-corrected chi connectivity index (χ1v) is 6.01. The van der Waals surface area contributed by atoms with Gasteiger partial charge >= 0.3 is 6.03 Å². The quantitative estimate of drug-likeness (QED) is 0.597. The Hall–Kier alpha value is -0.850. The Morgan fingerprint density at radius 1 is 1.41 bits per heavy atom. The lowest BCUT2D eigenvalue weighted by Crippen LogP contribution is -2.42. The van der Waals surface area contributed by atoms with Crippen LogP contribution in [0.15, 0.2) is 0 Å². The van der Waals surface area contributed by atoms with E-state index >= 15 is 0 Å². The lowest BCUT2D eigenvalue weighted by Gasteiger charge is -2.11. The standard InChI is InChI=1S/C11H22N2O4/c1-15-7-8-16-5-2-4-12-11(14)13-10-3-6-17-9-10/h10H,2-9H2,1H3,(H2,12,13,14). The summed E-state index contributed by atoms with van der Waals surface area (Å²) in [6, 6.07) is 0.0327. The smallest absolute Gasteiger partial charge is 0.315 e. The molecule has 17 heavy (non-hydrogen) atoms. The van der Waals surface area contributed by atoms with Gasteiger partial charge in [0, 0.05) is 26.9 Å². The van der Waals surface area contributed by atoms with Crippen molar-refractivity contribution in [2.45, 2.75) is 18.9 Å². The van der Waals surface area contributed by atoms with E-state index in [4.69, 9.17) is 14.2 Å². The fourth-order valence-corrected chi connectivity index (χ4v) is 1.51. The lowest BCUT2D eigenvalue weighted by molar-refractivity contribution is 0.0697. The van der Waals surface area contributed by atoms with Crippen molar-refractivity contribution in [1.29, 1.82) is 0 Å². The molecule has 0 radical (unpaired) electrons. The van der Waals surface area contributed by atoms with Crippen LogP contribution >= 0.6 is 0 Å². The first-order chi connectivity index (χ1) is 8.33. The second-order valence-corrected chi connectivity index (χ2v) is 3.92. The largest absolute Gasteiger partial charge is 0.382 e. The summed E-state index contributed by atoms with van der Waals surface area (Å²) in [6.45, 7) is 3.81. The zero-order valence-electron chi connectivity index (χ0n) is 10.4. The molecule has 1 rings (SSSR count). The average molecular weight is 246 g/mol. The molecule has 1 aliphatic rings. The van der Waals surface area contributed by atoms with E-state index in [2.05, 4.69) is 10.6 Å². The Bertz CT molecular complexity index is 208. The number of rotatable bonds is 8. The van der Waals surface area contributed by atoms with Crippen LogP contribution in [0.5, 0.6) is 0 Å². The molecule has 2 N–H and O–H groups in total. The van der Waals surface area contributed by atoms with E-state index in [0.29, 0.717) is 33.0 Å². The summed E-state index contributed by atoms with van der Waals surface area (Å²) in [5.74, 6) is 0. The van der Waals surface area contributed by atoms with Crippen LogP contribution < -0.4 is 10.6 Å². The molecule has 0 aromatic heterocycles. The highest BCUT2D eigenvalue weighted by Gasteiger charge is 2.16. The number of methoxy groups -OCH3 is 1. The van der Waals surface area contributed by atoms with Crippen LogP contribution in [0.4, 0.5) is 4.79 Å². The van der Waals surface area contributed by atoms with Gasteiger partial charge in [-0.2, -0.15) is 0 Å². The molecule has 1 heterocycles. The number of amides is 2. The number of hydrogen-bond acceptors (Lipinski definition) is 4. The molecule has 1 aliphatic heterocycles. The first kappa shape index (κ1) is 14.2. The van der Waals surface area contributed by atoms with Gasteiger partial charge in [0.1, 0.15) is 0 Å². The van der Waals surface area contributed by atoms with E-state index in [1.165, 1.54) is 0 Å². The minimum Gasteiger partial charge on any atom is -0.382 e. The van der Waals surface area contributed by atoms with Crippen molar-refractivity contribution in [2.75, 3.05) is 46.7 Å². The Labute approximate surface area is 102 Å². The summed E-state index contributed by atoms with van der Waals surface area (Å²) in [6.07, 6.45) is 1.70. The van der Waals surface area contributed by atoms with Crippen molar-refractivity contribution in [1.82, 2.24) is 10.6 Å². The molecule has 1 saturated heterocycles. The Morgan fingerprint density at radius 3 is 3.00 bits per heavy atom. The SMILES string of the molecule is COCCOCCCNC(=O)NC1CCOC1. The van der Waals surface area contributed by atoms with Crippen molar-refractivity contribution >= 4 is 6.03 Å². The van der Waals surface area contributed by atoms with Crippen LogP contribution in [-0.2, 0) is 14.2 Å². The summed E-state index contributed by atoms with van der Waals surface area (Å²) < 4.78 is 15.3. The van der Waals surface area contributed by atoms with Gasteiger partial charge < -0.3 is 24.8 Å². The Kier molecular flexibility index (Phi) is 7.70. The number of hydrogen-bond donors (Lipinski definition) is 2. The average Bonchev–Trinajstić information content (AvgIpc) is 2.80. The van der Waals surface area contributed by atoms with E-state index in [0.717, 1.165) is 19.4 Å². The number of nitrogens with one attached hydrogen (secondary N) is 2. The Balaban J connectivity index is 1.86. The monoisotopic (exact) mass is 246 g/mol. The molecular formula is C11H22N2O4. The lowest BCUT2D eigenvalue weighted by atomic mass is 10.3. The van der Waals surface area contributed by atoms with E-state index in [1.54, 1.807) is 7.11 Å². The number of carbonyl (C=O) groups excluding carboxylic acids is 1. The van der Waals surface area contributed by atoms with Gasteiger partial charge in [0.15, 0.2) is 0 Å². The van der Waals surface area contributed by atoms with Crippen LogP contribution in [0.3, 0.4) is 0 Å².